The van der Waals surface area contributed by atoms with E-state index in [-0.39, 0.29) is 0 Å². The van der Waals surface area contributed by atoms with Crippen LogP contribution < -0.4 is 0 Å². The van der Waals surface area contributed by atoms with Crippen molar-refractivity contribution in [3.05, 3.63) is 57.6 Å². The summed E-state index contributed by atoms with van der Waals surface area (Å²) in [5.74, 6) is 1.37. The maximum atomic E-state index is 5.50. The van der Waals surface area contributed by atoms with Gasteiger partial charge in [0, 0.05) is 21.4 Å². The molecule has 1 aliphatic heterocycles. The molecule has 24 heavy (non-hydrogen) atoms. The Labute approximate surface area is 146 Å². The summed E-state index contributed by atoms with van der Waals surface area (Å²) in [6.45, 7) is 6.05. The van der Waals surface area contributed by atoms with E-state index in [1.54, 1.807) is 0 Å². The van der Waals surface area contributed by atoms with Crippen LogP contribution in [0.3, 0.4) is 0 Å². The van der Waals surface area contributed by atoms with Gasteiger partial charge < -0.3 is 4.52 Å². The van der Waals surface area contributed by atoms with Gasteiger partial charge in [-0.05, 0) is 45.4 Å². The topological polar surface area (TPSA) is 42.2 Å². The van der Waals surface area contributed by atoms with Crippen LogP contribution in [0.1, 0.15) is 40.1 Å². The predicted molar refractivity (Wildman–Crippen MR) is 95.9 cm³/mol. The normalized spacial score (nSPS) is 18.3. The van der Waals surface area contributed by atoms with E-state index in [1.807, 2.05) is 23.5 Å². The van der Waals surface area contributed by atoms with E-state index in [0.717, 1.165) is 18.7 Å². The van der Waals surface area contributed by atoms with Crippen LogP contribution in [0.5, 0.6) is 0 Å². The van der Waals surface area contributed by atoms with Crippen LogP contribution in [0.4, 0.5) is 0 Å². The number of benzene rings is 1. The molecule has 2 aromatic heterocycles. The van der Waals surface area contributed by atoms with Crippen LogP contribution in [0.25, 0.3) is 11.4 Å². The van der Waals surface area contributed by atoms with Crippen molar-refractivity contribution in [3.8, 4) is 11.4 Å². The molecule has 0 bridgehead atoms. The lowest BCUT2D eigenvalue weighted by atomic mass is 10.1. The van der Waals surface area contributed by atoms with Gasteiger partial charge in [-0.3, -0.25) is 4.90 Å². The monoisotopic (exact) mass is 339 g/mol. The van der Waals surface area contributed by atoms with Gasteiger partial charge in [-0.15, -0.1) is 11.3 Å². The molecule has 0 spiro atoms. The van der Waals surface area contributed by atoms with E-state index < -0.39 is 0 Å². The molecule has 5 heteroatoms. The third-order valence-electron chi connectivity index (χ3n) is 4.57. The molecule has 0 saturated carbocycles. The molecule has 0 radical (unpaired) electrons. The zero-order valence-corrected chi connectivity index (χ0v) is 14.8. The maximum Gasteiger partial charge on any atom is 0.241 e. The quantitative estimate of drug-likeness (QED) is 0.688. The number of likely N-dealkylation sites (tertiary alicyclic amines) is 1. The second-order valence-corrected chi connectivity index (χ2v) is 7.77. The van der Waals surface area contributed by atoms with Gasteiger partial charge in [-0.1, -0.05) is 35.0 Å². The Balaban J connectivity index is 1.50. The second kappa shape index (κ2) is 6.49. The van der Waals surface area contributed by atoms with E-state index in [2.05, 4.69) is 53.2 Å². The Bertz CT molecular complexity index is 821. The average Bonchev–Trinajstić information content (AvgIpc) is 3.30. The van der Waals surface area contributed by atoms with Crippen molar-refractivity contribution in [1.29, 1.82) is 0 Å². The van der Waals surface area contributed by atoms with E-state index >= 15 is 0 Å². The SMILES string of the molecule is Cc1ccc(-c2noc(CN3CCCC3c3ccc(C)s3)n2)cc1. The zero-order chi connectivity index (χ0) is 16.5. The summed E-state index contributed by atoms with van der Waals surface area (Å²) >= 11 is 1.89. The first-order valence-electron chi connectivity index (χ1n) is 8.39. The highest BCUT2D eigenvalue weighted by molar-refractivity contribution is 7.12. The summed E-state index contributed by atoms with van der Waals surface area (Å²) in [5, 5.41) is 4.15. The number of thiophene rings is 1. The minimum Gasteiger partial charge on any atom is -0.338 e. The second-order valence-electron chi connectivity index (χ2n) is 6.45. The summed E-state index contributed by atoms with van der Waals surface area (Å²) in [6, 6.07) is 13.2. The fraction of sp³-hybridized carbons (Fsp3) is 0.368. The smallest absolute Gasteiger partial charge is 0.241 e. The van der Waals surface area contributed by atoms with E-state index in [4.69, 9.17) is 4.52 Å². The Morgan fingerprint density at radius 3 is 2.75 bits per heavy atom. The molecule has 3 heterocycles. The van der Waals surface area contributed by atoms with Crippen molar-refractivity contribution >= 4 is 11.3 Å². The first kappa shape index (κ1) is 15.5. The number of nitrogens with zero attached hydrogens (tertiary/aromatic N) is 3. The Hall–Kier alpha value is -1.98. The first-order chi connectivity index (χ1) is 11.7. The third-order valence-corrected chi connectivity index (χ3v) is 5.67. The lowest BCUT2D eigenvalue weighted by Gasteiger charge is -2.21. The Morgan fingerprint density at radius 1 is 1.17 bits per heavy atom. The van der Waals surface area contributed by atoms with Gasteiger partial charge >= 0.3 is 0 Å². The standard InChI is InChI=1S/C19H21N3OS/c1-13-5-8-15(9-6-13)19-20-18(23-21-19)12-22-11-3-4-16(22)17-10-7-14(2)24-17/h5-10,16H,3-4,11-12H2,1-2H3. The number of hydrogen-bond donors (Lipinski definition) is 0. The molecule has 1 aliphatic rings. The molecule has 0 N–H and O–H groups in total. The van der Waals surface area contributed by atoms with Gasteiger partial charge in [0.2, 0.25) is 11.7 Å². The largest absolute Gasteiger partial charge is 0.338 e. The number of hydrogen-bond acceptors (Lipinski definition) is 5. The minimum atomic E-state index is 0.485. The average molecular weight is 339 g/mol. The lowest BCUT2D eigenvalue weighted by molar-refractivity contribution is 0.214. The van der Waals surface area contributed by atoms with Crippen LogP contribution in [0, 0.1) is 13.8 Å². The first-order valence-corrected chi connectivity index (χ1v) is 9.21. The summed E-state index contributed by atoms with van der Waals surface area (Å²) < 4.78 is 5.50. The van der Waals surface area contributed by atoms with Crippen LogP contribution in [0.2, 0.25) is 0 Å². The van der Waals surface area contributed by atoms with Crippen molar-refractivity contribution in [2.45, 2.75) is 39.3 Å². The maximum absolute atomic E-state index is 5.50. The van der Waals surface area contributed by atoms with Crippen LogP contribution in [-0.4, -0.2) is 21.6 Å². The third kappa shape index (κ3) is 3.14. The molecule has 0 aliphatic carbocycles. The molecule has 1 aromatic carbocycles. The molecule has 1 saturated heterocycles. The van der Waals surface area contributed by atoms with Crippen molar-refractivity contribution < 1.29 is 4.52 Å². The Morgan fingerprint density at radius 2 is 2.00 bits per heavy atom. The molecule has 1 atom stereocenters. The van der Waals surface area contributed by atoms with Crippen LogP contribution in [0.15, 0.2) is 40.9 Å². The van der Waals surface area contributed by atoms with Gasteiger partial charge in [0.05, 0.1) is 6.54 Å². The van der Waals surface area contributed by atoms with Gasteiger partial charge in [0.25, 0.3) is 0 Å². The number of rotatable bonds is 4. The van der Waals surface area contributed by atoms with Crippen molar-refractivity contribution in [1.82, 2.24) is 15.0 Å². The molecular weight excluding hydrogens is 318 g/mol. The summed E-state index contributed by atoms with van der Waals surface area (Å²) in [7, 11) is 0. The van der Waals surface area contributed by atoms with Gasteiger partial charge in [0.1, 0.15) is 0 Å². The number of aryl methyl sites for hydroxylation is 2. The van der Waals surface area contributed by atoms with Gasteiger partial charge in [-0.2, -0.15) is 4.98 Å². The molecule has 124 valence electrons. The summed E-state index contributed by atoms with van der Waals surface area (Å²) in [4.78, 5) is 9.87. The highest BCUT2D eigenvalue weighted by atomic mass is 32.1. The lowest BCUT2D eigenvalue weighted by Crippen LogP contribution is -2.22. The van der Waals surface area contributed by atoms with Crippen molar-refractivity contribution in [2.75, 3.05) is 6.54 Å². The number of aromatic nitrogens is 2. The highest BCUT2D eigenvalue weighted by Crippen LogP contribution is 2.36. The van der Waals surface area contributed by atoms with E-state index in [9.17, 15) is 0 Å². The summed E-state index contributed by atoms with van der Waals surface area (Å²) in [6.07, 6.45) is 2.43. The zero-order valence-electron chi connectivity index (χ0n) is 14.0. The minimum absolute atomic E-state index is 0.485. The molecule has 0 amide bonds. The molecule has 3 aromatic rings. The molecular formula is C19H21N3OS. The summed E-state index contributed by atoms with van der Waals surface area (Å²) in [5.41, 5.74) is 2.23. The van der Waals surface area contributed by atoms with Crippen LogP contribution >= 0.6 is 11.3 Å². The molecule has 1 fully saturated rings. The van der Waals surface area contributed by atoms with Gasteiger partial charge in [0.15, 0.2) is 0 Å². The van der Waals surface area contributed by atoms with E-state index in [0.29, 0.717) is 17.8 Å². The predicted octanol–water partition coefficient (Wildman–Crippen LogP) is 4.75. The fourth-order valence-corrected chi connectivity index (χ4v) is 4.33. The van der Waals surface area contributed by atoms with Crippen molar-refractivity contribution in [2.24, 2.45) is 0 Å². The van der Waals surface area contributed by atoms with Crippen molar-refractivity contribution in [3.63, 3.8) is 0 Å². The molecule has 4 nitrogen and oxygen atoms in total. The fourth-order valence-electron chi connectivity index (χ4n) is 3.28. The van der Waals surface area contributed by atoms with Gasteiger partial charge in [-0.25, -0.2) is 0 Å². The molecule has 1 unspecified atom stereocenters. The van der Waals surface area contributed by atoms with Crippen LogP contribution in [-0.2, 0) is 6.54 Å². The Kier molecular flexibility index (Phi) is 4.21. The molecule has 4 rings (SSSR count). The van der Waals surface area contributed by atoms with E-state index in [1.165, 1.54) is 28.2 Å². The highest BCUT2D eigenvalue weighted by Gasteiger charge is 2.28.